The molecule has 5 aliphatic rings. The highest BCUT2D eigenvalue weighted by atomic mass is 32.2. The average molecular weight is 458 g/mol. The van der Waals surface area contributed by atoms with E-state index in [1.165, 1.54) is 22.1 Å². The van der Waals surface area contributed by atoms with Crippen molar-refractivity contribution >= 4 is 17.7 Å². The SMILES string of the molecule is O=C1c2c(O)c(=O)cc(-c3cccc4c3Cc3ccccc3SC4)n2NCN1C12CC(C1)C2. The number of thioether (sulfide) groups is 1. The average Bonchev–Trinajstić information content (AvgIpc) is 2.95. The summed E-state index contributed by atoms with van der Waals surface area (Å²) in [7, 11) is 0. The van der Waals surface area contributed by atoms with Crippen LogP contribution in [-0.2, 0) is 12.2 Å². The number of nitrogens with zero attached hydrogens (tertiary/aromatic N) is 2. The normalized spacial score (nSPS) is 24.4. The molecule has 3 saturated carbocycles. The second kappa shape index (κ2) is 6.67. The highest BCUT2D eigenvalue weighted by Gasteiger charge is 2.62. The molecule has 1 amide bonds. The first-order valence-electron chi connectivity index (χ1n) is 11.4. The zero-order valence-electron chi connectivity index (χ0n) is 18.0. The van der Waals surface area contributed by atoms with Gasteiger partial charge in [0.2, 0.25) is 5.43 Å². The molecular formula is C26H23N3O3S. The number of pyridine rings is 1. The monoisotopic (exact) mass is 457 g/mol. The second-order valence-corrected chi connectivity index (χ2v) is 10.7. The van der Waals surface area contributed by atoms with Crippen molar-refractivity contribution in [2.45, 2.75) is 41.9 Å². The van der Waals surface area contributed by atoms with Crippen molar-refractivity contribution in [1.29, 1.82) is 0 Å². The van der Waals surface area contributed by atoms with Crippen molar-refractivity contribution in [2.24, 2.45) is 5.92 Å². The Balaban J connectivity index is 1.39. The predicted molar refractivity (Wildman–Crippen MR) is 127 cm³/mol. The Bertz CT molecular complexity index is 1400. The van der Waals surface area contributed by atoms with Crippen molar-refractivity contribution in [3.05, 3.63) is 81.1 Å². The van der Waals surface area contributed by atoms with Crippen LogP contribution in [0.25, 0.3) is 11.3 Å². The van der Waals surface area contributed by atoms with Crippen LogP contribution in [0, 0.1) is 5.92 Å². The molecule has 8 rings (SSSR count). The Morgan fingerprint density at radius 3 is 2.61 bits per heavy atom. The highest BCUT2D eigenvalue weighted by molar-refractivity contribution is 7.98. The lowest BCUT2D eigenvalue weighted by Gasteiger charge is -2.66. The fourth-order valence-corrected chi connectivity index (χ4v) is 7.08. The molecular weight excluding hydrogens is 434 g/mol. The molecule has 0 spiro atoms. The third-order valence-electron chi connectivity index (χ3n) is 7.88. The molecule has 7 heteroatoms. The summed E-state index contributed by atoms with van der Waals surface area (Å²) in [4.78, 5) is 29.4. The summed E-state index contributed by atoms with van der Waals surface area (Å²) >= 11 is 1.82. The maximum absolute atomic E-state index is 13.5. The van der Waals surface area contributed by atoms with Crippen LogP contribution in [0.4, 0.5) is 0 Å². The number of fused-ring (bicyclic) bond motifs is 3. The Kier molecular flexibility index (Phi) is 3.90. The van der Waals surface area contributed by atoms with Crippen molar-refractivity contribution in [1.82, 2.24) is 9.58 Å². The number of amides is 1. The fraction of sp³-hybridized carbons (Fsp3) is 0.308. The number of nitrogens with one attached hydrogen (secondary N) is 1. The topological polar surface area (TPSA) is 74.6 Å². The number of aromatic hydroxyl groups is 1. The van der Waals surface area contributed by atoms with Crippen molar-refractivity contribution < 1.29 is 9.90 Å². The molecule has 2 N–H and O–H groups in total. The Hall–Kier alpha value is -3.19. The third-order valence-corrected chi connectivity index (χ3v) is 9.04. The largest absolute Gasteiger partial charge is 0.502 e. The number of carbonyl (C=O) groups is 1. The second-order valence-electron chi connectivity index (χ2n) is 9.70. The van der Waals surface area contributed by atoms with Crippen LogP contribution < -0.4 is 10.9 Å². The van der Waals surface area contributed by atoms with E-state index in [2.05, 4.69) is 35.8 Å². The van der Waals surface area contributed by atoms with Gasteiger partial charge in [0.25, 0.3) is 5.91 Å². The Labute approximate surface area is 195 Å². The Morgan fingerprint density at radius 1 is 1.03 bits per heavy atom. The first kappa shape index (κ1) is 19.3. The summed E-state index contributed by atoms with van der Waals surface area (Å²) in [6.45, 7) is 0.377. The zero-order valence-corrected chi connectivity index (χ0v) is 18.8. The van der Waals surface area contributed by atoms with Crippen molar-refractivity contribution in [2.75, 3.05) is 12.1 Å². The van der Waals surface area contributed by atoms with Gasteiger partial charge in [0.15, 0.2) is 11.4 Å². The van der Waals surface area contributed by atoms with Crippen LogP contribution >= 0.6 is 11.8 Å². The van der Waals surface area contributed by atoms with E-state index in [-0.39, 0.29) is 17.1 Å². The quantitative estimate of drug-likeness (QED) is 0.610. The highest BCUT2D eigenvalue weighted by Crippen LogP contribution is 2.61. The molecule has 6 nitrogen and oxygen atoms in total. The number of benzene rings is 2. The lowest BCUT2D eigenvalue weighted by molar-refractivity contribution is -0.124. The van der Waals surface area contributed by atoms with E-state index in [0.29, 0.717) is 12.4 Å². The summed E-state index contributed by atoms with van der Waals surface area (Å²) in [6, 6.07) is 16.0. The number of aromatic nitrogens is 1. The summed E-state index contributed by atoms with van der Waals surface area (Å²) in [5.74, 6) is 0.836. The molecule has 2 bridgehead atoms. The van der Waals surface area contributed by atoms with Gasteiger partial charge < -0.3 is 15.4 Å². The summed E-state index contributed by atoms with van der Waals surface area (Å²) in [5.41, 5.74) is 7.95. The summed E-state index contributed by atoms with van der Waals surface area (Å²) in [6.07, 6.45) is 3.82. The van der Waals surface area contributed by atoms with Gasteiger partial charge in [-0.2, -0.15) is 0 Å². The zero-order chi connectivity index (χ0) is 22.3. The summed E-state index contributed by atoms with van der Waals surface area (Å²) < 4.78 is 1.64. The maximum Gasteiger partial charge on any atom is 0.278 e. The molecule has 0 saturated heterocycles. The minimum Gasteiger partial charge on any atom is -0.502 e. The van der Waals surface area contributed by atoms with Gasteiger partial charge in [0, 0.05) is 27.8 Å². The van der Waals surface area contributed by atoms with Crippen LogP contribution in [-0.4, -0.2) is 32.8 Å². The molecule has 3 heterocycles. The molecule has 3 fully saturated rings. The molecule has 2 aromatic carbocycles. The van der Waals surface area contributed by atoms with E-state index >= 15 is 0 Å². The van der Waals surface area contributed by atoms with Crippen LogP contribution in [0.3, 0.4) is 0 Å². The minimum absolute atomic E-state index is 0.0504. The standard InChI is InChI=1S/C26H23N3O3S/c30-21-9-20(18-6-3-5-17-13-33-22-7-2-1-4-16(22)8-19(17)18)29-23(24(21)31)25(32)28(14-27-29)26-10-15(11-26)12-26/h1-7,9,15,27,31H,8,10-14H2. The van der Waals surface area contributed by atoms with E-state index in [4.69, 9.17) is 0 Å². The van der Waals surface area contributed by atoms with Gasteiger partial charge in [-0.15, -0.1) is 11.8 Å². The van der Waals surface area contributed by atoms with E-state index in [1.54, 1.807) is 4.68 Å². The van der Waals surface area contributed by atoms with Crippen LogP contribution in [0.15, 0.2) is 58.2 Å². The van der Waals surface area contributed by atoms with E-state index in [9.17, 15) is 14.7 Å². The van der Waals surface area contributed by atoms with Crippen molar-refractivity contribution in [3.63, 3.8) is 0 Å². The molecule has 3 aliphatic carbocycles. The molecule has 2 aliphatic heterocycles. The van der Waals surface area contributed by atoms with Gasteiger partial charge in [-0.05, 0) is 54.4 Å². The van der Waals surface area contributed by atoms with E-state index in [1.807, 2.05) is 28.8 Å². The maximum atomic E-state index is 13.5. The first-order valence-corrected chi connectivity index (χ1v) is 12.4. The van der Waals surface area contributed by atoms with Gasteiger partial charge >= 0.3 is 0 Å². The first-order chi connectivity index (χ1) is 16.0. The van der Waals surface area contributed by atoms with E-state index in [0.717, 1.165) is 48.5 Å². The van der Waals surface area contributed by atoms with Gasteiger partial charge in [0.05, 0.1) is 5.69 Å². The van der Waals surface area contributed by atoms with Crippen LogP contribution in [0.2, 0.25) is 0 Å². The van der Waals surface area contributed by atoms with Crippen LogP contribution in [0.5, 0.6) is 5.75 Å². The molecule has 33 heavy (non-hydrogen) atoms. The van der Waals surface area contributed by atoms with Gasteiger partial charge in [0.1, 0.15) is 6.67 Å². The summed E-state index contributed by atoms with van der Waals surface area (Å²) in [5, 5.41) is 10.7. The van der Waals surface area contributed by atoms with Crippen LogP contribution in [0.1, 0.15) is 46.4 Å². The van der Waals surface area contributed by atoms with Gasteiger partial charge in [-0.3, -0.25) is 9.59 Å². The third kappa shape index (κ3) is 2.63. The lowest BCUT2D eigenvalue weighted by Crippen LogP contribution is -2.71. The van der Waals surface area contributed by atoms with Gasteiger partial charge in [-0.1, -0.05) is 36.4 Å². The lowest BCUT2D eigenvalue weighted by atomic mass is 9.49. The molecule has 0 atom stereocenters. The smallest absolute Gasteiger partial charge is 0.278 e. The minimum atomic E-state index is -0.521. The molecule has 3 aromatic rings. The molecule has 0 unspecified atom stereocenters. The predicted octanol–water partition coefficient (Wildman–Crippen LogP) is 3.93. The molecule has 166 valence electrons. The number of rotatable bonds is 2. The number of hydrogen-bond acceptors (Lipinski definition) is 5. The fourth-order valence-electron chi connectivity index (χ4n) is 6.00. The molecule has 0 radical (unpaired) electrons. The number of hydrogen-bond donors (Lipinski definition) is 2. The van der Waals surface area contributed by atoms with Gasteiger partial charge in [-0.25, -0.2) is 4.68 Å². The van der Waals surface area contributed by atoms with E-state index < -0.39 is 11.2 Å². The Morgan fingerprint density at radius 2 is 1.82 bits per heavy atom. The number of carbonyl (C=O) groups excluding carboxylic acids is 1. The molecule has 1 aromatic heterocycles. The van der Waals surface area contributed by atoms with Crippen molar-refractivity contribution in [3.8, 4) is 17.0 Å².